The van der Waals surface area contributed by atoms with E-state index in [1.807, 2.05) is 29.8 Å². The van der Waals surface area contributed by atoms with Crippen LogP contribution in [0, 0.1) is 6.92 Å². The van der Waals surface area contributed by atoms with Crippen LogP contribution >= 0.6 is 11.6 Å². The molecule has 6 heteroatoms. The van der Waals surface area contributed by atoms with Gasteiger partial charge < -0.3 is 14.4 Å². The Morgan fingerprint density at radius 2 is 2.17 bits per heavy atom. The van der Waals surface area contributed by atoms with Crippen LogP contribution in [0.4, 0.5) is 0 Å². The molecule has 1 aromatic carbocycles. The van der Waals surface area contributed by atoms with E-state index in [0.29, 0.717) is 27.7 Å². The lowest BCUT2D eigenvalue weighted by Gasteiger charge is -2.31. The van der Waals surface area contributed by atoms with Crippen molar-refractivity contribution in [3.63, 3.8) is 0 Å². The molecule has 0 spiro atoms. The van der Waals surface area contributed by atoms with E-state index in [2.05, 4.69) is 10.5 Å². The zero-order chi connectivity index (χ0) is 16.8. The highest BCUT2D eigenvalue weighted by Gasteiger charge is 2.27. The highest BCUT2D eigenvalue weighted by atomic mass is 35.5. The highest BCUT2D eigenvalue weighted by Crippen LogP contribution is 2.35. The third kappa shape index (κ3) is 2.26. The van der Waals surface area contributed by atoms with Gasteiger partial charge in [0.15, 0.2) is 5.58 Å². The molecule has 2 atom stereocenters. The molecule has 2 heterocycles. The number of halogens is 1. The molecule has 0 saturated heterocycles. The number of aromatic nitrogens is 2. The maximum atomic E-state index is 13.2. The van der Waals surface area contributed by atoms with Crippen LogP contribution in [0.25, 0.3) is 21.9 Å². The predicted octanol–water partition coefficient (Wildman–Crippen LogP) is 3.81. The van der Waals surface area contributed by atoms with E-state index >= 15 is 0 Å². The van der Waals surface area contributed by atoms with Crippen molar-refractivity contribution >= 4 is 33.5 Å². The fourth-order valence-corrected chi connectivity index (χ4v) is 4.24. The van der Waals surface area contributed by atoms with Crippen LogP contribution in [0.2, 0.25) is 5.02 Å². The van der Waals surface area contributed by atoms with E-state index in [-0.39, 0.29) is 11.6 Å². The maximum Gasteiger partial charge on any atom is 0.264 e. The molecule has 24 heavy (non-hydrogen) atoms. The van der Waals surface area contributed by atoms with Gasteiger partial charge in [-0.1, -0.05) is 22.8 Å². The number of hydrogen-bond donors (Lipinski definition) is 1. The Labute approximate surface area is 144 Å². The number of benzene rings is 1. The van der Waals surface area contributed by atoms with Crippen LogP contribution in [0.3, 0.4) is 0 Å². The summed E-state index contributed by atoms with van der Waals surface area (Å²) in [6, 6.07) is 6.25. The van der Waals surface area contributed by atoms with Crippen molar-refractivity contribution in [3.8, 4) is 0 Å². The summed E-state index contributed by atoms with van der Waals surface area (Å²) in [5.41, 5.74) is 1.92. The van der Waals surface area contributed by atoms with Gasteiger partial charge in [-0.15, -0.1) is 0 Å². The van der Waals surface area contributed by atoms with Crippen LogP contribution < -0.4 is 10.9 Å². The molecule has 1 aliphatic rings. The van der Waals surface area contributed by atoms with Crippen molar-refractivity contribution in [2.45, 2.75) is 44.7 Å². The number of hydrogen-bond acceptors (Lipinski definition) is 4. The fourth-order valence-electron chi connectivity index (χ4n) is 3.98. The third-order valence-corrected chi connectivity index (χ3v) is 5.51. The molecule has 1 aliphatic carbocycles. The summed E-state index contributed by atoms with van der Waals surface area (Å²) in [6.07, 6.45) is 4.18. The minimum atomic E-state index is -0.0275. The Balaban J connectivity index is 2.06. The van der Waals surface area contributed by atoms with Crippen molar-refractivity contribution < 1.29 is 4.52 Å². The molecule has 126 valence electrons. The first-order valence-corrected chi connectivity index (χ1v) is 8.75. The molecule has 1 N–H and O–H groups in total. The molecule has 0 amide bonds. The topological polar surface area (TPSA) is 60.1 Å². The van der Waals surface area contributed by atoms with Gasteiger partial charge >= 0.3 is 0 Å². The number of nitrogens with one attached hydrogen (secondary N) is 1. The smallest absolute Gasteiger partial charge is 0.264 e. The van der Waals surface area contributed by atoms with Gasteiger partial charge in [-0.3, -0.25) is 4.79 Å². The maximum absolute atomic E-state index is 13.2. The summed E-state index contributed by atoms with van der Waals surface area (Å²) in [4.78, 5) is 13.2. The second-order valence-corrected chi connectivity index (χ2v) is 6.99. The summed E-state index contributed by atoms with van der Waals surface area (Å²) in [7, 11) is 1.98. The molecular weight excluding hydrogens is 326 g/mol. The van der Waals surface area contributed by atoms with E-state index in [1.165, 1.54) is 0 Å². The van der Waals surface area contributed by atoms with Crippen molar-refractivity contribution in [2.75, 3.05) is 7.05 Å². The highest BCUT2D eigenvalue weighted by molar-refractivity contribution is 6.37. The lowest BCUT2D eigenvalue weighted by atomic mass is 9.90. The fraction of sp³-hybridized carbons (Fsp3) is 0.444. The Morgan fingerprint density at radius 1 is 1.33 bits per heavy atom. The molecule has 0 aliphatic heterocycles. The van der Waals surface area contributed by atoms with Crippen molar-refractivity contribution in [3.05, 3.63) is 39.3 Å². The Morgan fingerprint density at radius 3 is 2.96 bits per heavy atom. The van der Waals surface area contributed by atoms with E-state index < -0.39 is 0 Å². The van der Waals surface area contributed by atoms with Crippen LogP contribution in [0.5, 0.6) is 0 Å². The summed E-state index contributed by atoms with van der Waals surface area (Å²) in [5, 5.41) is 9.27. The number of nitrogens with zero attached hydrogens (tertiary/aromatic N) is 2. The van der Waals surface area contributed by atoms with E-state index in [0.717, 1.165) is 36.6 Å². The zero-order valence-electron chi connectivity index (χ0n) is 13.8. The van der Waals surface area contributed by atoms with Gasteiger partial charge in [-0.2, -0.15) is 0 Å². The largest absolute Gasteiger partial charge is 0.355 e. The Kier molecular flexibility index (Phi) is 3.85. The summed E-state index contributed by atoms with van der Waals surface area (Å²) >= 11 is 6.45. The molecular formula is C18H20ClN3O2. The molecule has 3 aromatic rings. The summed E-state index contributed by atoms with van der Waals surface area (Å²) in [5.74, 6) is 0. The standard InChI is InChI=1S/C18H20ClN3O2/c1-10-15-17(24-21-10)16-13(19)7-4-8-14(16)22(18(15)23)12-6-3-5-11(9-12)20-2/h4,7-8,11-12,20H,3,5-6,9H2,1-2H3. The van der Waals surface area contributed by atoms with E-state index in [1.54, 1.807) is 6.92 Å². The van der Waals surface area contributed by atoms with Crippen LogP contribution in [0.15, 0.2) is 27.5 Å². The first-order chi connectivity index (χ1) is 11.6. The lowest BCUT2D eigenvalue weighted by molar-refractivity contribution is 0.296. The summed E-state index contributed by atoms with van der Waals surface area (Å²) in [6.45, 7) is 1.80. The van der Waals surface area contributed by atoms with Gasteiger partial charge in [0.05, 0.1) is 21.6 Å². The van der Waals surface area contributed by atoms with Gasteiger partial charge in [0, 0.05) is 12.1 Å². The van der Waals surface area contributed by atoms with Crippen molar-refractivity contribution in [1.29, 1.82) is 0 Å². The second-order valence-electron chi connectivity index (χ2n) is 6.59. The molecule has 2 unspecified atom stereocenters. The number of rotatable bonds is 2. The molecule has 1 fully saturated rings. The van der Waals surface area contributed by atoms with Gasteiger partial charge in [-0.25, -0.2) is 0 Å². The van der Waals surface area contributed by atoms with Gasteiger partial charge in [-0.05, 0) is 51.8 Å². The first-order valence-electron chi connectivity index (χ1n) is 8.37. The number of fused-ring (bicyclic) bond motifs is 3. The Bertz CT molecular complexity index is 976. The molecule has 0 radical (unpaired) electrons. The summed E-state index contributed by atoms with van der Waals surface area (Å²) < 4.78 is 7.36. The Hall–Kier alpha value is -1.85. The molecule has 4 rings (SSSR count). The lowest BCUT2D eigenvalue weighted by Crippen LogP contribution is -2.36. The average Bonchev–Trinajstić information content (AvgIpc) is 2.97. The third-order valence-electron chi connectivity index (χ3n) is 5.19. The quantitative estimate of drug-likeness (QED) is 0.767. The van der Waals surface area contributed by atoms with Crippen molar-refractivity contribution in [2.24, 2.45) is 0 Å². The van der Waals surface area contributed by atoms with Gasteiger partial charge in [0.25, 0.3) is 5.56 Å². The molecule has 5 nitrogen and oxygen atoms in total. The number of pyridine rings is 1. The van der Waals surface area contributed by atoms with Crippen LogP contribution in [-0.2, 0) is 0 Å². The number of aryl methyl sites for hydroxylation is 1. The SMILES string of the molecule is CNC1CCCC(n2c(=O)c3c(C)noc3c3c(Cl)cccc32)C1. The van der Waals surface area contributed by atoms with Gasteiger partial charge in [0.2, 0.25) is 0 Å². The van der Waals surface area contributed by atoms with Crippen LogP contribution in [-0.4, -0.2) is 22.8 Å². The monoisotopic (exact) mass is 345 g/mol. The second kappa shape index (κ2) is 5.90. The molecule has 1 saturated carbocycles. The zero-order valence-corrected chi connectivity index (χ0v) is 14.6. The minimum Gasteiger partial charge on any atom is -0.355 e. The predicted molar refractivity (Wildman–Crippen MR) is 95.9 cm³/mol. The first kappa shape index (κ1) is 15.7. The van der Waals surface area contributed by atoms with E-state index in [9.17, 15) is 4.79 Å². The normalized spacial score (nSPS) is 21.6. The average molecular weight is 346 g/mol. The molecule has 0 bridgehead atoms. The van der Waals surface area contributed by atoms with Crippen LogP contribution in [0.1, 0.15) is 37.4 Å². The van der Waals surface area contributed by atoms with Gasteiger partial charge in [0.1, 0.15) is 5.39 Å². The molecule has 2 aromatic heterocycles. The van der Waals surface area contributed by atoms with E-state index in [4.69, 9.17) is 16.1 Å². The van der Waals surface area contributed by atoms with Crippen molar-refractivity contribution in [1.82, 2.24) is 15.0 Å². The minimum absolute atomic E-state index is 0.0275.